The zero-order chi connectivity index (χ0) is 48.1. The van der Waals surface area contributed by atoms with E-state index in [2.05, 4.69) is 126 Å². The van der Waals surface area contributed by atoms with E-state index in [-0.39, 0.29) is 10.8 Å². The molecule has 0 saturated heterocycles. The Kier molecular flexibility index (Phi) is 22.3. The van der Waals surface area contributed by atoms with Crippen LogP contribution in [0.25, 0.3) is 0 Å². The van der Waals surface area contributed by atoms with E-state index in [1.807, 2.05) is 0 Å². The van der Waals surface area contributed by atoms with Gasteiger partial charge in [-0.05, 0) is 72.3 Å². The van der Waals surface area contributed by atoms with Gasteiger partial charge in [0.15, 0.2) is 0 Å². The van der Waals surface area contributed by atoms with Crippen LogP contribution >= 0.6 is 15.6 Å². The van der Waals surface area contributed by atoms with E-state index in [1.165, 1.54) is 0 Å². The molecule has 0 aliphatic heterocycles. The van der Waals surface area contributed by atoms with Crippen LogP contribution in [0, 0.1) is 19.3 Å². The molecule has 2 atom stereocenters. The van der Waals surface area contributed by atoms with Gasteiger partial charge in [0.25, 0.3) is 0 Å². The molecule has 2 aromatic rings. The molecule has 0 heterocycles. The summed E-state index contributed by atoms with van der Waals surface area (Å²) in [6, 6.07) is 8.79. The van der Waals surface area contributed by atoms with Gasteiger partial charge in [-0.1, -0.05) is 196 Å². The van der Waals surface area contributed by atoms with Gasteiger partial charge in [-0.2, -0.15) is 4.31 Å². The van der Waals surface area contributed by atoms with Crippen molar-refractivity contribution in [3.63, 3.8) is 0 Å². The van der Waals surface area contributed by atoms with E-state index in [4.69, 9.17) is 9.26 Å². The molecule has 0 saturated carbocycles. The van der Waals surface area contributed by atoms with Crippen molar-refractivity contribution >= 4 is 15.6 Å². The molecule has 2 unspecified atom stereocenters. The van der Waals surface area contributed by atoms with Crippen LogP contribution in [-0.2, 0) is 39.6 Å². The molecule has 63 heavy (non-hydrogen) atoms. The SMILES string of the molecule is CCCCCC(C)(C)c1cc(C)cc(C(C)(C)CCCCC)c1OC(c1c(C(C)(C)CCCCC)cc(C)cc1C(C)(C)CCCCC)C(CO)(CO)COP(=O)(O)OP(=O)(O)O. The molecular weight excluding hydrogens is 834 g/mol. The number of hydrogen-bond acceptors (Lipinski definition) is 7. The fourth-order valence-corrected chi connectivity index (χ4v) is 11.0. The number of aliphatic hydroxyl groups is 2. The summed E-state index contributed by atoms with van der Waals surface area (Å²) in [6.07, 6.45) is 14.7. The fraction of sp³-hybridized carbons (Fsp3) is 0.765. The number of ether oxygens (including phenoxy) is 1. The number of unbranched alkanes of at least 4 members (excludes halogenated alkanes) is 8. The average molecular weight is 925 g/mol. The lowest BCUT2D eigenvalue weighted by atomic mass is 9.66. The Morgan fingerprint density at radius 3 is 1.16 bits per heavy atom. The quantitative estimate of drug-likeness (QED) is 0.0363. The van der Waals surface area contributed by atoms with Gasteiger partial charge < -0.3 is 29.6 Å². The summed E-state index contributed by atoms with van der Waals surface area (Å²) in [5, 5.41) is 23.6. The van der Waals surface area contributed by atoms with Crippen molar-refractivity contribution in [1.82, 2.24) is 0 Å². The van der Waals surface area contributed by atoms with Gasteiger partial charge in [-0.25, -0.2) is 9.13 Å². The maximum atomic E-state index is 13.3. The van der Waals surface area contributed by atoms with Crippen LogP contribution in [0.5, 0.6) is 5.75 Å². The number of aryl methyl sites for hydroxylation is 2. The number of phosphoric ester groups is 1. The average Bonchev–Trinajstić information content (AvgIpc) is 3.17. The molecule has 364 valence electrons. The summed E-state index contributed by atoms with van der Waals surface area (Å²) in [6.45, 7) is 28.5. The Morgan fingerprint density at radius 1 is 0.540 bits per heavy atom. The third kappa shape index (κ3) is 16.6. The van der Waals surface area contributed by atoms with E-state index in [0.717, 1.165) is 142 Å². The maximum absolute atomic E-state index is 13.3. The summed E-state index contributed by atoms with van der Waals surface area (Å²) < 4.78 is 42.7. The highest BCUT2D eigenvalue weighted by molar-refractivity contribution is 7.60. The lowest BCUT2D eigenvalue weighted by molar-refractivity contribution is -0.0743. The normalized spacial score (nSPS) is 14.8. The predicted octanol–water partition coefficient (Wildman–Crippen LogP) is 14.1. The highest BCUT2D eigenvalue weighted by atomic mass is 31.3. The summed E-state index contributed by atoms with van der Waals surface area (Å²) >= 11 is 0. The Labute approximate surface area is 383 Å². The van der Waals surface area contributed by atoms with E-state index in [1.54, 1.807) is 0 Å². The monoisotopic (exact) mass is 925 g/mol. The zero-order valence-corrected chi connectivity index (χ0v) is 43.8. The second kappa shape index (κ2) is 24.4. The summed E-state index contributed by atoms with van der Waals surface area (Å²) in [4.78, 5) is 29.9. The first-order valence-electron chi connectivity index (χ1n) is 24.1. The van der Waals surface area contributed by atoms with Crippen molar-refractivity contribution in [3.8, 4) is 5.75 Å². The Morgan fingerprint density at radius 2 is 0.857 bits per heavy atom. The topological polar surface area (TPSA) is 163 Å². The van der Waals surface area contributed by atoms with E-state index >= 15 is 0 Å². The van der Waals surface area contributed by atoms with Crippen molar-refractivity contribution in [2.24, 2.45) is 5.41 Å². The molecule has 0 spiro atoms. The third-order valence-corrected chi connectivity index (χ3v) is 15.6. The Bertz CT molecular complexity index is 1720. The van der Waals surface area contributed by atoms with E-state index < -0.39 is 57.8 Å². The highest BCUT2D eigenvalue weighted by Crippen LogP contribution is 2.59. The molecule has 0 bridgehead atoms. The van der Waals surface area contributed by atoms with Gasteiger partial charge in [0.1, 0.15) is 11.9 Å². The lowest BCUT2D eigenvalue weighted by Crippen LogP contribution is -2.46. The molecular formula is C51H90O10P2. The van der Waals surface area contributed by atoms with Crippen molar-refractivity contribution in [2.75, 3.05) is 19.8 Å². The van der Waals surface area contributed by atoms with Crippen LogP contribution in [0.2, 0.25) is 0 Å². The molecule has 12 heteroatoms. The summed E-state index contributed by atoms with van der Waals surface area (Å²) in [5.41, 5.74) is 3.48. The van der Waals surface area contributed by atoms with Crippen LogP contribution in [0.1, 0.15) is 231 Å². The minimum atomic E-state index is -5.49. The first kappa shape index (κ1) is 57.5. The molecule has 0 aliphatic carbocycles. The van der Waals surface area contributed by atoms with Gasteiger partial charge in [0.05, 0.1) is 25.2 Å². The minimum absolute atomic E-state index is 0.372. The molecule has 0 aromatic heterocycles. The zero-order valence-electron chi connectivity index (χ0n) is 42.0. The number of benzene rings is 2. The van der Waals surface area contributed by atoms with Gasteiger partial charge in [-0.15, -0.1) is 0 Å². The predicted molar refractivity (Wildman–Crippen MR) is 260 cm³/mol. The minimum Gasteiger partial charge on any atom is -0.484 e. The lowest BCUT2D eigenvalue weighted by Gasteiger charge is -2.45. The molecule has 0 radical (unpaired) electrons. The van der Waals surface area contributed by atoms with Crippen LogP contribution in [-0.4, -0.2) is 44.7 Å². The first-order valence-corrected chi connectivity index (χ1v) is 27.1. The fourth-order valence-electron chi connectivity index (χ4n) is 9.27. The largest absolute Gasteiger partial charge is 0.484 e. The van der Waals surface area contributed by atoms with Crippen LogP contribution in [0.3, 0.4) is 0 Å². The van der Waals surface area contributed by atoms with Crippen molar-refractivity contribution in [1.29, 1.82) is 0 Å². The van der Waals surface area contributed by atoms with Gasteiger partial charge >= 0.3 is 15.6 Å². The molecule has 5 N–H and O–H groups in total. The highest BCUT2D eigenvalue weighted by Gasteiger charge is 2.49. The maximum Gasteiger partial charge on any atom is 0.481 e. The smallest absolute Gasteiger partial charge is 0.481 e. The third-order valence-electron chi connectivity index (χ3n) is 13.5. The van der Waals surface area contributed by atoms with Crippen LogP contribution in [0.15, 0.2) is 24.3 Å². The second-order valence-corrected chi connectivity index (χ2v) is 24.1. The van der Waals surface area contributed by atoms with E-state index in [9.17, 15) is 34.0 Å². The molecule has 10 nitrogen and oxygen atoms in total. The van der Waals surface area contributed by atoms with Crippen molar-refractivity contribution in [3.05, 3.63) is 63.2 Å². The van der Waals surface area contributed by atoms with E-state index in [0.29, 0.717) is 5.75 Å². The van der Waals surface area contributed by atoms with Crippen LogP contribution in [0.4, 0.5) is 0 Å². The molecule has 0 fully saturated rings. The molecule has 0 amide bonds. The first-order chi connectivity index (χ1) is 29.1. The Hall–Kier alpha value is -1.58. The van der Waals surface area contributed by atoms with Crippen LogP contribution < -0.4 is 4.74 Å². The van der Waals surface area contributed by atoms with Crippen molar-refractivity contribution in [2.45, 2.75) is 227 Å². The summed E-state index contributed by atoms with van der Waals surface area (Å²) in [5.74, 6) is 0.656. The summed E-state index contributed by atoms with van der Waals surface area (Å²) in [7, 11) is -10.9. The molecule has 2 aromatic carbocycles. The second-order valence-electron chi connectivity index (χ2n) is 21.3. The number of rotatable bonds is 31. The number of hydrogen-bond donors (Lipinski definition) is 5. The molecule has 2 rings (SSSR count). The van der Waals surface area contributed by atoms with Gasteiger partial charge in [-0.3, -0.25) is 4.52 Å². The Balaban J connectivity index is 3.41. The number of phosphoric acid groups is 2. The standard InChI is InChI=1S/C51H90O10P2/c1-15-19-23-27-47(7,8)40-31-38(5)32-41(48(9,10)28-24-20-16-2)44(40)46(51(35-52,36-53)37-59-63(57,58)61-62(54,55)56)60-45-42(49(11,12)29-25-21-17-3)33-39(6)34-43(45)50(13,14)30-26-22-18-4/h31-34,46,52-53H,15-30,35-37H2,1-14H3,(H,57,58)(H2,54,55,56). The van der Waals surface area contributed by atoms with Gasteiger partial charge in [0.2, 0.25) is 0 Å². The molecule has 0 aliphatic rings. The number of aliphatic hydroxyl groups excluding tert-OH is 2. The van der Waals surface area contributed by atoms with Crippen molar-refractivity contribution < 1.29 is 47.6 Å². The van der Waals surface area contributed by atoms with Gasteiger partial charge in [0, 0.05) is 16.7 Å².